The third-order valence-corrected chi connectivity index (χ3v) is 4.14. The molecule has 2 nitrogen and oxygen atoms in total. The zero-order valence-corrected chi connectivity index (χ0v) is 13.7. The molecular formula is C15H14Br2O2. The largest absolute Gasteiger partial charge is 0.493 e. The predicted octanol–water partition coefficient (Wildman–Crippen LogP) is 4.93. The Labute approximate surface area is 130 Å². The standard InChI is InChI=1S/C15H14Br2O2/c1-18-15-8-11(9-16)6-7-14(15)19-10-12-4-2-3-5-13(12)17/h2-8H,9-10H2,1H3. The first-order valence-electron chi connectivity index (χ1n) is 5.83. The molecule has 2 aromatic rings. The van der Waals surface area contributed by atoms with Gasteiger partial charge in [0.2, 0.25) is 0 Å². The topological polar surface area (TPSA) is 18.5 Å². The molecule has 19 heavy (non-hydrogen) atoms. The van der Waals surface area contributed by atoms with Crippen LogP contribution in [-0.4, -0.2) is 7.11 Å². The Bertz CT molecular complexity index is 556. The van der Waals surface area contributed by atoms with Crippen LogP contribution in [0.5, 0.6) is 11.5 Å². The summed E-state index contributed by atoms with van der Waals surface area (Å²) in [5, 5.41) is 0.799. The molecule has 0 bridgehead atoms. The molecule has 2 rings (SSSR count). The number of rotatable bonds is 5. The highest BCUT2D eigenvalue weighted by atomic mass is 79.9. The fraction of sp³-hybridized carbons (Fsp3) is 0.200. The molecule has 0 fully saturated rings. The van der Waals surface area contributed by atoms with Crippen LogP contribution in [0.2, 0.25) is 0 Å². The summed E-state index contributed by atoms with van der Waals surface area (Å²) >= 11 is 6.94. The van der Waals surface area contributed by atoms with E-state index in [0.29, 0.717) is 6.61 Å². The molecule has 100 valence electrons. The van der Waals surface area contributed by atoms with Crippen molar-refractivity contribution in [1.82, 2.24) is 0 Å². The maximum absolute atomic E-state index is 5.82. The van der Waals surface area contributed by atoms with Gasteiger partial charge in [0.25, 0.3) is 0 Å². The van der Waals surface area contributed by atoms with Gasteiger partial charge in [0.15, 0.2) is 11.5 Å². The van der Waals surface area contributed by atoms with Crippen LogP contribution in [0.1, 0.15) is 11.1 Å². The molecule has 0 aliphatic heterocycles. The molecule has 0 spiro atoms. The van der Waals surface area contributed by atoms with Gasteiger partial charge >= 0.3 is 0 Å². The number of benzene rings is 2. The van der Waals surface area contributed by atoms with Crippen molar-refractivity contribution in [3.05, 3.63) is 58.1 Å². The van der Waals surface area contributed by atoms with Crippen LogP contribution < -0.4 is 9.47 Å². The van der Waals surface area contributed by atoms with E-state index in [1.54, 1.807) is 7.11 Å². The summed E-state index contributed by atoms with van der Waals surface area (Å²) in [6, 6.07) is 13.9. The van der Waals surface area contributed by atoms with Gasteiger partial charge in [0.1, 0.15) is 6.61 Å². The van der Waals surface area contributed by atoms with Gasteiger partial charge in [-0.2, -0.15) is 0 Å². The first-order chi connectivity index (χ1) is 9.24. The van der Waals surface area contributed by atoms with Gasteiger partial charge in [0, 0.05) is 15.4 Å². The van der Waals surface area contributed by atoms with E-state index in [1.807, 2.05) is 42.5 Å². The molecule has 2 aromatic carbocycles. The van der Waals surface area contributed by atoms with Crippen LogP contribution >= 0.6 is 31.9 Å². The molecule has 0 saturated heterocycles. The first-order valence-corrected chi connectivity index (χ1v) is 7.75. The van der Waals surface area contributed by atoms with E-state index in [4.69, 9.17) is 9.47 Å². The van der Waals surface area contributed by atoms with E-state index in [9.17, 15) is 0 Å². The van der Waals surface area contributed by atoms with Crippen molar-refractivity contribution in [2.75, 3.05) is 7.11 Å². The van der Waals surface area contributed by atoms with E-state index in [-0.39, 0.29) is 0 Å². The highest BCUT2D eigenvalue weighted by molar-refractivity contribution is 9.10. The molecule has 0 amide bonds. The minimum absolute atomic E-state index is 0.505. The molecule has 0 atom stereocenters. The van der Waals surface area contributed by atoms with Gasteiger partial charge in [-0.1, -0.05) is 56.1 Å². The molecule has 0 aromatic heterocycles. The maximum atomic E-state index is 5.82. The van der Waals surface area contributed by atoms with Crippen molar-refractivity contribution in [2.45, 2.75) is 11.9 Å². The van der Waals surface area contributed by atoms with Crippen molar-refractivity contribution in [3.8, 4) is 11.5 Å². The molecule has 0 aliphatic rings. The first kappa shape index (κ1) is 14.4. The van der Waals surface area contributed by atoms with E-state index in [1.165, 1.54) is 0 Å². The number of alkyl halides is 1. The van der Waals surface area contributed by atoms with Crippen LogP contribution in [-0.2, 0) is 11.9 Å². The fourth-order valence-electron chi connectivity index (χ4n) is 1.69. The molecule has 0 aliphatic carbocycles. The van der Waals surface area contributed by atoms with Crippen molar-refractivity contribution < 1.29 is 9.47 Å². The molecule has 0 radical (unpaired) electrons. The van der Waals surface area contributed by atoms with E-state index in [0.717, 1.165) is 32.4 Å². The number of halogens is 2. The summed E-state index contributed by atoms with van der Waals surface area (Å²) in [5.41, 5.74) is 2.26. The Morgan fingerprint density at radius 2 is 1.84 bits per heavy atom. The predicted molar refractivity (Wildman–Crippen MR) is 84.1 cm³/mol. The number of hydrogen-bond donors (Lipinski definition) is 0. The SMILES string of the molecule is COc1cc(CBr)ccc1OCc1ccccc1Br. The van der Waals surface area contributed by atoms with E-state index in [2.05, 4.69) is 31.9 Å². The highest BCUT2D eigenvalue weighted by Crippen LogP contribution is 2.30. The summed E-state index contributed by atoms with van der Waals surface area (Å²) < 4.78 is 12.2. The molecular weight excluding hydrogens is 372 g/mol. The van der Waals surface area contributed by atoms with Gasteiger partial charge < -0.3 is 9.47 Å². The van der Waals surface area contributed by atoms with Gasteiger partial charge in [0.05, 0.1) is 7.11 Å². The van der Waals surface area contributed by atoms with Crippen molar-refractivity contribution >= 4 is 31.9 Å². The Hall–Kier alpha value is -1.00. The quantitative estimate of drug-likeness (QED) is 0.679. The summed E-state index contributed by atoms with van der Waals surface area (Å²) in [7, 11) is 1.65. The monoisotopic (exact) mass is 384 g/mol. The average Bonchev–Trinajstić information content (AvgIpc) is 2.46. The van der Waals surface area contributed by atoms with E-state index < -0.39 is 0 Å². The van der Waals surface area contributed by atoms with Crippen LogP contribution in [0.3, 0.4) is 0 Å². The van der Waals surface area contributed by atoms with Gasteiger partial charge in [-0.15, -0.1) is 0 Å². The number of ether oxygens (including phenoxy) is 2. The van der Waals surface area contributed by atoms with Crippen molar-refractivity contribution in [2.24, 2.45) is 0 Å². The normalized spacial score (nSPS) is 10.3. The van der Waals surface area contributed by atoms with Crippen LogP contribution in [0, 0.1) is 0 Å². The fourth-order valence-corrected chi connectivity index (χ4v) is 2.43. The van der Waals surface area contributed by atoms with Gasteiger partial charge in [-0.3, -0.25) is 0 Å². The highest BCUT2D eigenvalue weighted by Gasteiger charge is 2.06. The van der Waals surface area contributed by atoms with Gasteiger partial charge in [-0.05, 0) is 23.8 Å². The zero-order chi connectivity index (χ0) is 13.7. The number of hydrogen-bond acceptors (Lipinski definition) is 2. The van der Waals surface area contributed by atoms with Crippen molar-refractivity contribution in [3.63, 3.8) is 0 Å². The lowest BCUT2D eigenvalue weighted by Crippen LogP contribution is -1.98. The lowest BCUT2D eigenvalue weighted by atomic mass is 10.2. The molecule has 0 saturated carbocycles. The second-order valence-electron chi connectivity index (χ2n) is 4.00. The summed E-state index contributed by atoms with van der Waals surface area (Å²) in [6.07, 6.45) is 0. The second-order valence-corrected chi connectivity index (χ2v) is 5.41. The van der Waals surface area contributed by atoms with E-state index >= 15 is 0 Å². The molecule has 0 unspecified atom stereocenters. The summed E-state index contributed by atoms with van der Waals surface area (Å²) in [5.74, 6) is 1.51. The minimum Gasteiger partial charge on any atom is -0.493 e. The van der Waals surface area contributed by atoms with Gasteiger partial charge in [-0.25, -0.2) is 0 Å². The summed E-state index contributed by atoms with van der Waals surface area (Å²) in [6.45, 7) is 0.505. The lowest BCUT2D eigenvalue weighted by Gasteiger charge is -2.12. The second kappa shape index (κ2) is 6.96. The smallest absolute Gasteiger partial charge is 0.161 e. The third-order valence-electron chi connectivity index (χ3n) is 2.72. The Balaban J connectivity index is 2.13. The third kappa shape index (κ3) is 3.74. The molecule has 0 N–H and O–H groups in total. The van der Waals surface area contributed by atoms with Crippen molar-refractivity contribution in [1.29, 1.82) is 0 Å². The molecule has 4 heteroatoms. The Kier molecular flexibility index (Phi) is 5.28. The summed E-state index contributed by atoms with van der Waals surface area (Å²) in [4.78, 5) is 0. The maximum Gasteiger partial charge on any atom is 0.161 e. The number of methoxy groups -OCH3 is 1. The average molecular weight is 386 g/mol. The van der Waals surface area contributed by atoms with Crippen LogP contribution in [0.25, 0.3) is 0 Å². The molecule has 0 heterocycles. The van der Waals surface area contributed by atoms with Crippen LogP contribution in [0.15, 0.2) is 46.9 Å². The minimum atomic E-state index is 0.505. The Morgan fingerprint density at radius 1 is 1.05 bits per heavy atom. The lowest BCUT2D eigenvalue weighted by molar-refractivity contribution is 0.284. The zero-order valence-electron chi connectivity index (χ0n) is 10.5. The van der Waals surface area contributed by atoms with Crippen LogP contribution in [0.4, 0.5) is 0 Å². The Morgan fingerprint density at radius 3 is 2.53 bits per heavy atom.